The van der Waals surface area contributed by atoms with Crippen LogP contribution in [0.2, 0.25) is 0 Å². The normalized spacial score (nSPS) is 14.9. The van der Waals surface area contributed by atoms with Crippen molar-refractivity contribution in [1.82, 2.24) is 15.2 Å². The van der Waals surface area contributed by atoms with Crippen molar-refractivity contribution in [3.63, 3.8) is 0 Å². The molecule has 0 saturated heterocycles. The second-order valence-electron chi connectivity index (χ2n) is 6.84. The fraction of sp³-hybridized carbons (Fsp3) is 0.400. The number of anilines is 1. The summed E-state index contributed by atoms with van der Waals surface area (Å²) in [6, 6.07) is 2.17. The topological polar surface area (TPSA) is 54.2 Å². The Bertz CT molecular complexity index is 840. The van der Waals surface area contributed by atoms with E-state index >= 15 is 0 Å². The molecule has 1 radical (unpaired) electrons. The van der Waals surface area contributed by atoms with Crippen molar-refractivity contribution in [3.05, 3.63) is 50.3 Å². The maximum atomic E-state index is 6.08. The zero-order valence-electron chi connectivity index (χ0n) is 15.8. The number of thiophene rings is 1. The first-order valence-electron chi connectivity index (χ1n) is 9.05. The molecule has 0 aromatic carbocycles. The van der Waals surface area contributed by atoms with Crippen LogP contribution in [-0.4, -0.2) is 36.6 Å². The molecule has 6 heteroatoms. The van der Waals surface area contributed by atoms with Gasteiger partial charge in [-0.2, -0.15) is 0 Å². The first-order chi connectivity index (χ1) is 12.5. The molecule has 2 aromatic heterocycles. The molecule has 2 aromatic rings. The van der Waals surface area contributed by atoms with E-state index in [-0.39, 0.29) is 0 Å². The average molecular weight is 365 g/mol. The number of nitrogens with one attached hydrogen (secondary N) is 1. The second kappa shape index (κ2) is 8.19. The third kappa shape index (κ3) is 4.08. The quantitative estimate of drug-likeness (QED) is 0.773. The van der Waals surface area contributed by atoms with Crippen LogP contribution in [0.15, 0.2) is 23.2 Å². The maximum absolute atomic E-state index is 6.08. The number of nitrogens with zero attached hydrogens (tertiary/aromatic N) is 2. The second-order valence-corrected chi connectivity index (χ2v) is 7.80. The van der Waals surface area contributed by atoms with Gasteiger partial charge < -0.3 is 0 Å². The van der Waals surface area contributed by atoms with Gasteiger partial charge in [-0.1, -0.05) is 6.92 Å². The molecule has 3 N–H and O–H groups in total. The molecule has 1 aliphatic rings. The molecule has 0 amide bonds. The van der Waals surface area contributed by atoms with E-state index in [0.717, 1.165) is 43.6 Å². The van der Waals surface area contributed by atoms with Gasteiger partial charge in [0.15, 0.2) is 0 Å². The summed E-state index contributed by atoms with van der Waals surface area (Å²) in [4.78, 5) is 8.27. The minimum absolute atomic E-state index is 0.600. The summed E-state index contributed by atoms with van der Waals surface area (Å²) in [5, 5.41) is 5.23. The van der Waals surface area contributed by atoms with Gasteiger partial charge in [-0.3, -0.25) is 0 Å². The molecule has 3 rings (SSSR count). The zero-order chi connectivity index (χ0) is 18.7. The molecule has 26 heavy (non-hydrogen) atoms. The Hall–Kier alpha value is -1.92. The summed E-state index contributed by atoms with van der Waals surface area (Å²) < 4.78 is 0. The van der Waals surface area contributed by atoms with E-state index in [1.165, 1.54) is 27.1 Å². The van der Waals surface area contributed by atoms with Crippen LogP contribution in [0.5, 0.6) is 0 Å². The van der Waals surface area contributed by atoms with Crippen LogP contribution >= 0.6 is 11.3 Å². The standard InChI is InChI=1S/C20H26BN4S/c1-4-13(2)7-15-8-14(9-24-20(15)22)10-25-6-5-16-17(19(21)23-3)12-26-18(16)11-25/h7-9,12,23H,4-6,10-11H2,1-3H3,(H2,22,24). The van der Waals surface area contributed by atoms with Crippen molar-refractivity contribution in [2.75, 3.05) is 19.3 Å². The summed E-state index contributed by atoms with van der Waals surface area (Å²) in [6.45, 7) is 7.15. The van der Waals surface area contributed by atoms with Gasteiger partial charge in [0.25, 0.3) is 0 Å². The van der Waals surface area contributed by atoms with Crippen LogP contribution in [0.25, 0.3) is 6.08 Å². The molecule has 0 spiro atoms. The van der Waals surface area contributed by atoms with Gasteiger partial charge >= 0.3 is 141 Å². The Morgan fingerprint density at radius 1 is 1.50 bits per heavy atom. The van der Waals surface area contributed by atoms with Crippen molar-refractivity contribution in [3.8, 4) is 0 Å². The van der Waals surface area contributed by atoms with Gasteiger partial charge in [-0.25, -0.2) is 0 Å². The Labute approximate surface area is 161 Å². The summed E-state index contributed by atoms with van der Waals surface area (Å²) in [7, 11) is 7.95. The molecule has 0 saturated carbocycles. The monoisotopic (exact) mass is 365 g/mol. The summed E-state index contributed by atoms with van der Waals surface area (Å²) >= 11 is 1.80. The van der Waals surface area contributed by atoms with Gasteiger partial charge in [0.2, 0.25) is 0 Å². The first kappa shape index (κ1) is 18.9. The van der Waals surface area contributed by atoms with E-state index in [9.17, 15) is 0 Å². The van der Waals surface area contributed by atoms with Crippen molar-refractivity contribution in [2.45, 2.75) is 39.8 Å². The van der Waals surface area contributed by atoms with Gasteiger partial charge in [-0.05, 0) is 13.3 Å². The zero-order valence-corrected chi connectivity index (χ0v) is 16.6. The van der Waals surface area contributed by atoms with Crippen LogP contribution in [0.4, 0.5) is 5.82 Å². The molecule has 0 unspecified atom stereocenters. The summed E-state index contributed by atoms with van der Waals surface area (Å²) in [5.41, 5.74) is 12.9. The Morgan fingerprint density at radius 3 is 3.04 bits per heavy atom. The van der Waals surface area contributed by atoms with Crippen LogP contribution in [0.3, 0.4) is 0 Å². The third-order valence-electron chi connectivity index (χ3n) is 4.96. The Morgan fingerprint density at radius 2 is 2.31 bits per heavy atom. The van der Waals surface area contributed by atoms with E-state index in [0.29, 0.717) is 5.82 Å². The molecule has 0 aliphatic carbocycles. The van der Waals surface area contributed by atoms with Gasteiger partial charge in [0.1, 0.15) is 0 Å². The minimum atomic E-state index is 0.600. The van der Waals surface area contributed by atoms with Crippen molar-refractivity contribution in [2.24, 2.45) is 0 Å². The fourth-order valence-electron chi connectivity index (χ4n) is 3.24. The molecule has 4 nitrogen and oxygen atoms in total. The average Bonchev–Trinajstić information content (AvgIpc) is 3.07. The van der Waals surface area contributed by atoms with E-state index in [2.05, 4.69) is 46.6 Å². The Balaban J connectivity index is 1.74. The summed E-state index contributed by atoms with van der Waals surface area (Å²) in [5.74, 6) is 0.600. The Kier molecular flexibility index (Phi) is 5.94. The van der Waals surface area contributed by atoms with Crippen LogP contribution < -0.4 is 11.1 Å². The third-order valence-corrected chi connectivity index (χ3v) is 5.97. The number of nitrogen functional groups attached to an aromatic ring is 1. The van der Waals surface area contributed by atoms with E-state index in [1.807, 2.05) is 13.2 Å². The number of nitrogens with two attached hydrogens (primary N) is 1. The van der Waals surface area contributed by atoms with E-state index < -0.39 is 0 Å². The molecule has 3 heterocycles. The fourth-order valence-corrected chi connectivity index (χ4v) is 4.38. The van der Waals surface area contributed by atoms with Crippen LogP contribution in [0, 0.1) is 0 Å². The van der Waals surface area contributed by atoms with Crippen LogP contribution in [-0.2, 0) is 19.5 Å². The SMILES string of the molecule is [B]=C(NC)c1csc2c1CCN(Cc1cnc(N)c(C=C(C)CC)c1)C2. The number of hydrogen-bond acceptors (Lipinski definition) is 5. The number of rotatable bonds is 6. The van der Waals surface area contributed by atoms with Gasteiger partial charge in [0, 0.05) is 0 Å². The molecular weight excluding hydrogens is 339 g/mol. The number of hydrogen-bond donors (Lipinski definition) is 2. The number of aromatic nitrogens is 1. The van der Waals surface area contributed by atoms with E-state index in [1.54, 1.807) is 11.3 Å². The number of allylic oxidation sites excluding steroid dienone is 1. The summed E-state index contributed by atoms with van der Waals surface area (Å²) in [6.07, 6.45) is 6.09. The molecular formula is C20H26BN4S. The van der Waals surface area contributed by atoms with Crippen molar-refractivity contribution >= 4 is 36.3 Å². The molecule has 1 aliphatic heterocycles. The van der Waals surface area contributed by atoms with Crippen molar-refractivity contribution < 1.29 is 0 Å². The van der Waals surface area contributed by atoms with Crippen molar-refractivity contribution in [1.29, 1.82) is 0 Å². The molecule has 135 valence electrons. The van der Waals surface area contributed by atoms with Gasteiger partial charge in [-0.15, -0.1) is 0 Å². The predicted molar refractivity (Wildman–Crippen MR) is 114 cm³/mol. The number of fused-ring (bicyclic) bond motifs is 1. The van der Waals surface area contributed by atoms with Crippen LogP contribution in [0.1, 0.15) is 47.4 Å². The number of pyridine rings is 1. The molecule has 0 bridgehead atoms. The van der Waals surface area contributed by atoms with Gasteiger partial charge in [0.05, 0.1) is 0 Å². The molecule has 0 fully saturated rings. The molecule has 0 atom stereocenters. The predicted octanol–water partition coefficient (Wildman–Crippen LogP) is 2.96. The first-order valence-corrected chi connectivity index (χ1v) is 9.93. The van der Waals surface area contributed by atoms with E-state index in [4.69, 9.17) is 13.2 Å².